The fraction of sp³-hybridized carbons (Fsp3) is 0.111. The molecule has 0 radical (unpaired) electrons. The van der Waals surface area contributed by atoms with Gasteiger partial charge in [0.05, 0.1) is 22.7 Å². The van der Waals surface area contributed by atoms with E-state index in [0.29, 0.717) is 16.1 Å². The van der Waals surface area contributed by atoms with Crippen LogP contribution in [0.25, 0.3) is 0 Å². The quantitative estimate of drug-likeness (QED) is 0.671. The highest BCUT2D eigenvalue weighted by Gasteiger charge is 2.48. The van der Waals surface area contributed by atoms with Crippen molar-refractivity contribution in [1.82, 2.24) is 4.90 Å². The molecule has 2 aromatic rings. The number of carbonyl (C=O) groups is 2. The lowest BCUT2D eigenvalue weighted by Gasteiger charge is -2.24. The van der Waals surface area contributed by atoms with Crippen molar-refractivity contribution in [2.45, 2.75) is 5.60 Å². The van der Waals surface area contributed by atoms with Crippen LogP contribution in [0.2, 0.25) is 5.02 Å². The number of rotatable bonds is 1. The first-order valence-corrected chi connectivity index (χ1v) is 8.45. The van der Waals surface area contributed by atoms with Gasteiger partial charge >= 0.3 is 5.97 Å². The average Bonchev–Trinajstić information content (AvgIpc) is 3.10. The van der Waals surface area contributed by atoms with Crippen LogP contribution in [-0.4, -0.2) is 23.3 Å². The smallest absolute Gasteiger partial charge is 0.339 e. The van der Waals surface area contributed by atoms with Crippen LogP contribution in [0.4, 0.5) is 0 Å². The van der Waals surface area contributed by atoms with Crippen LogP contribution in [0.1, 0.15) is 26.3 Å². The molecule has 24 heavy (non-hydrogen) atoms. The van der Waals surface area contributed by atoms with Crippen molar-refractivity contribution in [3.05, 3.63) is 80.9 Å². The molecule has 0 aliphatic carbocycles. The van der Waals surface area contributed by atoms with Crippen molar-refractivity contribution in [3.63, 3.8) is 0 Å². The zero-order valence-corrected chi connectivity index (χ0v) is 14.7. The summed E-state index contributed by atoms with van der Waals surface area (Å²) in [5, 5.41) is 0.368. The van der Waals surface area contributed by atoms with E-state index in [9.17, 15) is 9.59 Å². The number of carbonyl (C=O) groups excluding carboxylic acids is 2. The first kappa shape index (κ1) is 15.4. The van der Waals surface area contributed by atoms with Gasteiger partial charge in [-0.05, 0) is 30.3 Å². The fourth-order valence-electron chi connectivity index (χ4n) is 3.07. The molecule has 2 aliphatic heterocycles. The lowest BCUT2D eigenvalue weighted by molar-refractivity contribution is 0.0107. The Morgan fingerprint density at radius 2 is 2.04 bits per heavy atom. The minimum absolute atomic E-state index is 0.235. The van der Waals surface area contributed by atoms with Crippen molar-refractivity contribution >= 4 is 39.4 Å². The van der Waals surface area contributed by atoms with E-state index in [4.69, 9.17) is 16.3 Å². The van der Waals surface area contributed by atoms with Crippen molar-refractivity contribution in [2.24, 2.45) is 0 Å². The van der Waals surface area contributed by atoms with Crippen molar-refractivity contribution in [1.29, 1.82) is 0 Å². The minimum atomic E-state index is -0.912. The Bertz CT molecular complexity index is 911. The largest absolute Gasteiger partial charge is 0.444 e. The van der Waals surface area contributed by atoms with Crippen molar-refractivity contribution in [3.8, 4) is 0 Å². The first-order chi connectivity index (χ1) is 11.5. The maximum Gasteiger partial charge on any atom is 0.339 e. The summed E-state index contributed by atoms with van der Waals surface area (Å²) in [5.74, 6) is -0.604. The second-order valence-electron chi connectivity index (χ2n) is 5.70. The molecule has 0 N–H and O–H groups in total. The van der Waals surface area contributed by atoms with Gasteiger partial charge in [-0.15, -0.1) is 0 Å². The molecule has 2 aliphatic rings. The molecular formula is C18H11BrClNO3. The zero-order chi connectivity index (χ0) is 16.9. The summed E-state index contributed by atoms with van der Waals surface area (Å²) >= 11 is 9.49. The summed E-state index contributed by atoms with van der Waals surface area (Å²) in [6.07, 6.45) is 3.40. The third-order valence-electron chi connectivity index (χ3n) is 4.23. The molecular weight excluding hydrogens is 394 g/mol. The van der Waals surface area contributed by atoms with Gasteiger partial charge in [0.1, 0.15) is 0 Å². The summed E-state index contributed by atoms with van der Waals surface area (Å²) in [4.78, 5) is 26.3. The summed E-state index contributed by atoms with van der Waals surface area (Å²) in [6, 6.07) is 12.3. The number of hydrogen-bond donors (Lipinski definition) is 0. The second-order valence-corrected chi connectivity index (χ2v) is 7.02. The third-order valence-corrected chi connectivity index (χ3v) is 5.04. The van der Waals surface area contributed by atoms with E-state index >= 15 is 0 Å². The first-order valence-electron chi connectivity index (χ1n) is 7.28. The van der Waals surface area contributed by atoms with Gasteiger partial charge in [0.15, 0.2) is 5.60 Å². The van der Waals surface area contributed by atoms with Gasteiger partial charge < -0.3 is 9.64 Å². The highest BCUT2D eigenvalue weighted by atomic mass is 79.9. The number of ether oxygens (including phenoxy) is 1. The van der Waals surface area contributed by atoms with Gasteiger partial charge in [-0.25, -0.2) is 4.79 Å². The number of nitrogens with zero attached hydrogens (tertiary/aromatic N) is 1. The van der Waals surface area contributed by atoms with E-state index < -0.39 is 5.60 Å². The minimum Gasteiger partial charge on any atom is -0.444 e. The van der Waals surface area contributed by atoms with Gasteiger partial charge in [-0.2, -0.15) is 0 Å². The fourth-order valence-corrected chi connectivity index (χ4v) is 3.83. The van der Waals surface area contributed by atoms with Gasteiger partial charge in [0.25, 0.3) is 5.91 Å². The van der Waals surface area contributed by atoms with Gasteiger partial charge in [0.2, 0.25) is 0 Å². The molecule has 0 fully saturated rings. The molecule has 0 bridgehead atoms. The van der Waals surface area contributed by atoms with E-state index in [2.05, 4.69) is 15.9 Å². The predicted octanol–water partition coefficient (Wildman–Crippen LogP) is 4.14. The number of amides is 1. The van der Waals surface area contributed by atoms with Crippen LogP contribution in [0, 0.1) is 0 Å². The monoisotopic (exact) mass is 403 g/mol. The zero-order valence-electron chi connectivity index (χ0n) is 12.3. The van der Waals surface area contributed by atoms with Crippen LogP contribution in [-0.2, 0) is 10.3 Å². The molecule has 6 heteroatoms. The molecule has 1 unspecified atom stereocenters. The summed E-state index contributed by atoms with van der Waals surface area (Å²) in [7, 11) is 0. The molecule has 1 spiro atoms. The standard InChI is InChI=1S/C18H11BrClNO3/c19-11-5-6-13(15(20)9-11)16(22)21-8-7-18(10-21)14-4-2-1-3-12(14)17(23)24-18/h1-9H,10H2. The number of esters is 1. The molecule has 4 nitrogen and oxygen atoms in total. The summed E-state index contributed by atoms with van der Waals surface area (Å²) in [5.41, 5.74) is 0.811. The Labute approximate surface area is 151 Å². The van der Waals surface area contributed by atoms with Gasteiger partial charge in [0, 0.05) is 16.2 Å². The third kappa shape index (κ3) is 2.27. The van der Waals surface area contributed by atoms with Crippen LogP contribution in [0.15, 0.2) is 59.2 Å². The van der Waals surface area contributed by atoms with Crippen LogP contribution < -0.4 is 0 Å². The predicted molar refractivity (Wildman–Crippen MR) is 92.9 cm³/mol. The number of benzene rings is 2. The van der Waals surface area contributed by atoms with E-state index in [1.165, 1.54) is 4.90 Å². The Kier molecular flexibility index (Phi) is 3.51. The SMILES string of the molecule is O=C1OC2(C=CN(C(=O)c3ccc(Br)cc3Cl)C2)c2ccccc21. The number of hydrogen-bond acceptors (Lipinski definition) is 3. The summed E-state index contributed by atoms with van der Waals surface area (Å²) in [6.45, 7) is 0.237. The van der Waals surface area contributed by atoms with E-state index in [1.807, 2.05) is 12.1 Å². The molecule has 2 aromatic carbocycles. The normalized spacial score (nSPS) is 21.2. The summed E-state index contributed by atoms with van der Waals surface area (Å²) < 4.78 is 6.39. The van der Waals surface area contributed by atoms with Crippen molar-refractivity contribution in [2.75, 3.05) is 6.54 Å². The van der Waals surface area contributed by atoms with E-state index in [0.717, 1.165) is 10.0 Å². The number of fused-ring (bicyclic) bond motifs is 2. The Morgan fingerprint density at radius 3 is 2.83 bits per heavy atom. The molecule has 1 atom stereocenters. The van der Waals surface area contributed by atoms with Crippen LogP contribution >= 0.6 is 27.5 Å². The molecule has 4 rings (SSSR count). The second kappa shape index (κ2) is 5.46. The molecule has 1 amide bonds. The van der Waals surface area contributed by atoms with Crippen molar-refractivity contribution < 1.29 is 14.3 Å². The van der Waals surface area contributed by atoms with Crippen LogP contribution in [0.3, 0.4) is 0 Å². The highest BCUT2D eigenvalue weighted by molar-refractivity contribution is 9.10. The van der Waals surface area contributed by atoms with Gasteiger partial charge in [-0.3, -0.25) is 4.79 Å². The number of halogens is 2. The van der Waals surface area contributed by atoms with E-state index in [1.54, 1.807) is 42.6 Å². The molecule has 0 saturated heterocycles. The van der Waals surface area contributed by atoms with E-state index in [-0.39, 0.29) is 18.4 Å². The topological polar surface area (TPSA) is 46.6 Å². The Hall–Kier alpha value is -2.11. The highest BCUT2D eigenvalue weighted by Crippen LogP contribution is 2.41. The molecule has 0 aromatic heterocycles. The maximum atomic E-state index is 12.7. The molecule has 120 valence electrons. The maximum absolute atomic E-state index is 12.7. The molecule has 0 saturated carbocycles. The Balaban J connectivity index is 1.65. The molecule has 2 heterocycles. The van der Waals surface area contributed by atoms with Gasteiger partial charge in [-0.1, -0.05) is 45.7 Å². The average molecular weight is 405 g/mol. The lowest BCUT2D eigenvalue weighted by atomic mass is 9.93. The lowest BCUT2D eigenvalue weighted by Crippen LogP contribution is -2.35. The van der Waals surface area contributed by atoms with Crippen LogP contribution in [0.5, 0.6) is 0 Å². The Morgan fingerprint density at radius 1 is 1.25 bits per heavy atom.